The van der Waals surface area contributed by atoms with E-state index >= 15 is 0 Å². The number of thiol groups is 1. The van der Waals surface area contributed by atoms with Crippen molar-refractivity contribution in [3.63, 3.8) is 0 Å². The van der Waals surface area contributed by atoms with Gasteiger partial charge in [-0.1, -0.05) is 12.1 Å². The zero-order valence-electron chi connectivity index (χ0n) is 15.2. The number of nitrogens with two attached hydrogens (primary N) is 1. The molecule has 2 heterocycles. The number of likely N-dealkylation sites (N-methyl/N-ethyl adjacent to an activating group) is 1. The van der Waals surface area contributed by atoms with E-state index in [9.17, 15) is 0 Å². The number of carbonyl (C=O) groups excluding carboxylic acids is 1. The van der Waals surface area contributed by atoms with E-state index in [0.717, 1.165) is 15.7 Å². The minimum atomic E-state index is 0.139. The van der Waals surface area contributed by atoms with E-state index in [1.165, 1.54) is 26.1 Å². The van der Waals surface area contributed by atoms with Gasteiger partial charge in [0.2, 0.25) is 0 Å². The van der Waals surface area contributed by atoms with Gasteiger partial charge < -0.3 is 24.6 Å². The summed E-state index contributed by atoms with van der Waals surface area (Å²) < 4.78 is 5.01. The van der Waals surface area contributed by atoms with Gasteiger partial charge in [-0.2, -0.15) is 0 Å². The number of fused-ring (bicyclic) bond motifs is 1. The molecule has 1 aliphatic rings. The van der Waals surface area contributed by atoms with Crippen LogP contribution in [0, 0.1) is 0 Å². The predicted molar refractivity (Wildman–Crippen MR) is 113 cm³/mol. The van der Waals surface area contributed by atoms with Crippen molar-refractivity contribution in [3.05, 3.63) is 30.6 Å². The predicted octanol–water partition coefficient (Wildman–Crippen LogP) is 2.66. The van der Waals surface area contributed by atoms with Crippen molar-refractivity contribution in [1.29, 1.82) is 0 Å². The van der Waals surface area contributed by atoms with Gasteiger partial charge >= 0.3 is 0 Å². The number of hydrogen-bond acceptors (Lipinski definition) is 7. The highest BCUT2D eigenvalue weighted by molar-refractivity contribution is 9.06. The zero-order valence-corrected chi connectivity index (χ0v) is 17.7. The molecule has 0 radical (unpaired) electrons. The van der Waals surface area contributed by atoms with Gasteiger partial charge in [0.1, 0.15) is 6.29 Å². The van der Waals surface area contributed by atoms with E-state index in [1.54, 1.807) is 12.4 Å². The van der Waals surface area contributed by atoms with Gasteiger partial charge in [0.05, 0.1) is 6.20 Å². The maximum Gasteiger partial charge on any atom is 0.179 e. The van der Waals surface area contributed by atoms with Gasteiger partial charge in [0.25, 0.3) is 0 Å². The number of pyridine rings is 1. The van der Waals surface area contributed by atoms with Crippen molar-refractivity contribution >= 4 is 45.9 Å². The van der Waals surface area contributed by atoms with Crippen LogP contribution in [0.4, 0.5) is 0 Å². The van der Waals surface area contributed by atoms with Crippen LogP contribution in [0.15, 0.2) is 35.5 Å². The van der Waals surface area contributed by atoms with Gasteiger partial charge in [0, 0.05) is 41.0 Å². The lowest BCUT2D eigenvalue weighted by Crippen LogP contribution is -2.33. The first-order valence-electron chi connectivity index (χ1n) is 8.43. The number of aldehydes is 1. The number of carbonyl (C=O) groups is 1. The van der Waals surface area contributed by atoms with Crippen LogP contribution in [0.3, 0.4) is 0 Å². The Hall–Kier alpha value is -1.19. The second kappa shape index (κ2) is 13.1. The van der Waals surface area contributed by atoms with Gasteiger partial charge in [-0.3, -0.25) is 4.98 Å². The van der Waals surface area contributed by atoms with E-state index in [0.29, 0.717) is 18.1 Å². The van der Waals surface area contributed by atoms with Crippen molar-refractivity contribution < 1.29 is 8.62 Å². The first kappa shape index (κ1) is 22.9. The Bertz CT molecular complexity index is 659. The molecule has 0 spiro atoms. The zero-order chi connectivity index (χ0) is 19.4. The molecule has 1 fully saturated rings. The van der Waals surface area contributed by atoms with Crippen molar-refractivity contribution in [2.24, 2.45) is 5.73 Å². The third-order valence-electron chi connectivity index (χ3n) is 3.70. The Morgan fingerprint density at radius 1 is 1.50 bits per heavy atom. The average Bonchev–Trinajstić information content (AvgIpc) is 2.85. The minimum absolute atomic E-state index is 0.139. The lowest BCUT2D eigenvalue weighted by molar-refractivity contribution is -0.106. The number of benzene rings is 1. The number of nitrogens with zero attached hydrogens (tertiary/aromatic N) is 2. The molecule has 26 heavy (non-hydrogen) atoms. The van der Waals surface area contributed by atoms with Crippen LogP contribution in [0.2, 0.25) is 0 Å². The van der Waals surface area contributed by atoms with Crippen LogP contribution >= 0.6 is 28.9 Å². The molecule has 1 aromatic carbocycles. The van der Waals surface area contributed by atoms with E-state index in [2.05, 4.69) is 63.8 Å². The molecule has 3 N–H and O–H groups in total. The first-order chi connectivity index (χ1) is 12.5. The summed E-state index contributed by atoms with van der Waals surface area (Å²) in [5.41, 5.74) is 4.66. The smallest absolute Gasteiger partial charge is 0.179 e. The molecule has 1 atom stereocenters. The van der Waals surface area contributed by atoms with Crippen molar-refractivity contribution in [2.75, 3.05) is 33.2 Å². The monoisotopic (exact) mass is 442 g/mol. The summed E-state index contributed by atoms with van der Waals surface area (Å²) in [5.74, 6) is 0.683. The summed E-state index contributed by atoms with van der Waals surface area (Å²) in [6.45, 7) is 6.00. The Kier molecular flexibility index (Phi) is 11.5. The van der Waals surface area contributed by atoms with E-state index in [4.69, 9.17) is 8.62 Å². The molecule has 1 aromatic heterocycles. The van der Waals surface area contributed by atoms with Crippen LogP contribution in [0.5, 0.6) is 5.75 Å². The molecule has 0 bridgehead atoms. The van der Waals surface area contributed by atoms with Crippen LogP contribution in [0.1, 0.15) is 13.3 Å². The Morgan fingerprint density at radius 3 is 2.88 bits per heavy atom. The number of nitrogens with one attached hydrogen (secondary N) is 1. The quantitative estimate of drug-likeness (QED) is 0.489. The fourth-order valence-corrected chi connectivity index (χ4v) is 3.13. The van der Waals surface area contributed by atoms with Gasteiger partial charge in [-0.25, -0.2) is 0 Å². The number of aromatic nitrogens is 1. The second-order valence-electron chi connectivity index (χ2n) is 5.96. The summed E-state index contributed by atoms with van der Waals surface area (Å²) in [4.78, 5) is 16.3. The summed E-state index contributed by atoms with van der Waals surface area (Å²) >= 11 is 7.28. The third-order valence-corrected chi connectivity index (χ3v) is 4.42. The Labute approximate surface area is 169 Å². The van der Waals surface area contributed by atoms with Crippen molar-refractivity contribution in [3.8, 4) is 5.75 Å². The summed E-state index contributed by atoms with van der Waals surface area (Å²) in [5, 5.41) is 5.42. The van der Waals surface area contributed by atoms with E-state index < -0.39 is 0 Å². The summed E-state index contributed by atoms with van der Waals surface area (Å²) in [7, 11) is 2.18. The van der Waals surface area contributed by atoms with E-state index in [-0.39, 0.29) is 6.54 Å². The molecule has 1 aliphatic heterocycles. The van der Waals surface area contributed by atoms with E-state index in [1.807, 2.05) is 18.2 Å². The fourth-order valence-electron chi connectivity index (χ4n) is 2.56. The van der Waals surface area contributed by atoms with Crippen LogP contribution in [0.25, 0.3) is 10.8 Å². The normalized spacial score (nSPS) is 17.2. The van der Waals surface area contributed by atoms with Gasteiger partial charge in [-0.05, 0) is 39.5 Å². The molecule has 2 aromatic rings. The molecule has 0 saturated carbocycles. The van der Waals surface area contributed by atoms with Crippen LogP contribution in [-0.2, 0) is 4.79 Å². The number of hydrogen-bond donors (Lipinski definition) is 3. The van der Waals surface area contributed by atoms with Gasteiger partial charge in [0.15, 0.2) is 22.0 Å². The Morgan fingerprint density at radius 2 is 2.23 bits per heavy atom. The molecule has 3 rings (SSSR count). The molecule has 1 saturated heterocycles. The molecular formula is C18H27BrN4O2S. The maximum absolute atomic E-state index is 9.05. The molecule has 1 unspecified atom stereocenters. The molecule has 144 valence electrons. The molecule has 0 amide bonds. The minimum Gasteiger partial charge on any atom is -0.416 e. The van der Waals surface area contributed by atoms with Crippen LogP contribution < -0.4 is 14.9 Å². The lowest BCUT2D eigenvalue weighted by atomic mass is 10.2. The lowest BCUT2D eigenvalue weighted by Gasteiger charge is -2.15. The number of rotatable bonds is 2. The molecule has 8 heteroatoms. The van der Waals surface area contributed by atoms with Crippen molar-refractivity contribution in [1.82, 2.24) is 15.2 Å². The van der Waals surface area contributed by atoms with Crippen molar-refractivity contribution in [2.45, 2.75) is 24.3 Å². The highest BCUT2D eigenvalue weighted by atomic mass is 79.9. The molecular weight excluding hydrogens is 416 g/mol. The topological polar surface area (TPSA) is 80.5 Å². The molecule has 6 nitrogen and oxygen atoms in total. The van der Waals surface area contributed by atoms with Gasteiger partial charge in [-0.15, -0.1) is 12.6 Å². The first-order valence-corrected chi connectivity index (χ1v) is 9.52. The third kappa shape index (κ3) is 8.01. The fraction of sp³-hybridized carbons (Fsp3) is 0.444. The highest BCUT2D eigenvalue weighted by Gasteiger charge is 2.08. The highest BCUT2D eigenvalue weighted by Crippen LogP contribution is 2.30. The molecule has 0 aliphatic carbocycles. The number of halogens is 1. The standard InChI is InChI=1S/C9H6BrNOS.C7H16N2.C2H5NO/c10-12-7-5-11-4-6-2-1-3-8(13)9(6)7;1-7-6-9(2)5-3-4-8-7;3-1-2-4/h1-5,13H;7-8H,3-6H2,1-2H3;2H,1,3H2. The maximum atomic E-state index is 9.05. The van der Waals surface area contributed by atoms with Crippen LogP contribution in [-0.4, -0.2) is 55.4 Å². The average molecular weight is 443 g/mol. The second-order valence-corrected chi connectivity index (χ2v) is 6.77. The summed E-state index contributed by atoms with van der Waals surface area (Å²) in [6, 6.07) is 6.50. The Balaban J connectivity index is 0.000000227. The SMILES string of the molecule is CC1CN(C)CCCN1.NCC=O.Sc1cccc2cncc(OBr)c12. The largest absolute Gasteiger partial charge is 0.416 e. The summed E-state index contributed by atoms with van der Waals surface area (Å²) in [6.07, 6.45) is 5.38.